The lowest BCUT2D eigenvalue weighted by Gasteiger charge is -2.25. The lowest BCUT2D eigenvalue weighted by Crippen LogP contribution is -2.42. The molecule has 2 unspecified atom stereocenters. The van der Waals surface area contributed by atoms with Crippen LogP contribution in [0.4, 0.5) is 0 Å². The summed E-state index contributed by atoms with van der Waals surface area (Å²) >= 11 is 0. The highest BCUT2D eigenvalue weighted by molar-refractivity contribution is 5.81. The van der Waals surface area contributed by atoms with E-state index in [0.717, 1.165) is 0 Å². The Morgan fingerprint density at radius 3 is 2.45 bits per heavy atom. The van der Waals surface area contributed by atoms with Gasteiger partial charge in [-0.2, -0.15) is 0 Å². The molecule has 0 fully saturated rings. The molecule has 7 heteroatoms. The van der Waals surface area contributed by atoms with Crippen molar-refractivity contribution in [2.24, 2.45) is 11.1 Å². The van der Waals surface area contributed by atoms with E-state index in [1.54, 1.807) is 0 Å². The largest absolute Gasteiger partial charge is 0.392 e. The minimum atomic E-state index is -0.710. The molecule has 0 saturated heterocycles. The second kappa shape index (κ2) is 8.89. The summed E-state index contributed by atoms with van der Waals surface area (Å²) < 4.78 is 5.18. The zero-order chi connectivity index (χ0) is 15.8. The third-order valence-corrected chi connectivity index (χ3v) is 2.83. The zero-order valence-electron chi connectivity index (χ0n) is 12.7. The maximum atomic E-state index is 11.5. The number of carbonyl (C=O) groups excluding carboxylic acids is 2. The first kappa shape index (κ1) is 18.8. The fourth-order valence-corrected chi connectivity index (χ4v) is 1.29. The van der Waals surface area contributed by atoms with E-state index in [4.69, 9.17) is 10.5 Å². The van der Waals surface area contributed by atoms with Crippen molar-refractivity contribution in [3.05, 3.63) is 0 Å². The standard InChI is InChI=1S/C13H27N3O4/c1-13(2,3)10(17)7-11(18)16-5-6-20-8-9(14)12(19)15-4/h9-10,17H,5-8,14H2,1-4H3,(H,15,19)(H,16,18). The van der Waals surface area contributed by atoms with E-state index >= 15 is 0 Å². The zero-order valence-corrected chi connectivity index (χ0v) is 12.7. The van der Waals surface area contributed by atoms with Gasteiger partial charge in [-0.3, -0.25) is 9.59 Å². The van der Waals surface area contributed by atoms with Gasteiger partial charge in [0.2, 0.25) is 11.8 Å². The molecule has 0 aromatic rings. The molecule has 0 saturated carbocycles. The van der Waals surface area contributed by atoms with E-state index < -0.39 is 12.1 Å². The van der Waals surface area contributed by atoms with Crippen molar-refractivity contribution < 1.29 is 19.4 Å². The molecule has 0 aliphatic rings. The number of hydrogen-bond acceptors (Lipinski definition) is 5. The molecule has 118 valence electrons. The fourth-order valence-electron chi connectivity index (χ4n) is 1.29. The topological polar surface area (TPSA) is 114 Å². The molecule has 0 aromatic carbocycles. The van der Waals surface area contributed by atoms with Gasteiger partial charge < -0.3 is 26.2 Å². The Hall–Kier alpha value is -1.18. The summed E-state index contributed by atoms with van der Waals surface area (Å²) in [5.74, 6) is -0.519. The molecule has 0 aliphatic carbocycles. The van der Waals surface area contributed by atoms with E-state index in [-0.39, 0.29) is 36.9 Å². The second-order valence-electron chi connectivity index (χ2n) is 5.73. The Bertz CT molecular complexity index is 315. The van der Waals surface area contributed by atoms with Crippen LogP contribution < -0.4 is 16.4 Å². The summed E-state index contributed by atoms with van der Waals surface area (Å²) in [4.78, 5) is 22.6. The number of aliphatic hydroxyl groups excluding tert-OH is 1. The van der Waals surface area contributed by atoms with Crippen molar-refractivity contribution >= 4 is 11.8 Å². The van der Waals surface area contributed by atoms with Crippen LogP contribution in [0.25, 0.3) is 0 Å². The Morgan fingerprint density at radius 1 is 1.35 bits per heavy atom. The number of amides is 2. The third kappa shape index (κ3) is 8.08. The van der Waals surface area contributed by atoms with E-state index in [9.17, 15) is 14.7 Å². The highest BCUT2D eigenvalue weighted by Gasteiger charge is 2.24. The summed E-state index contributed by atoms with van der Waals surface area (Å²) in [5, 5.41) is 14.8. The van der Waals surface area contributed by atoms with Crippen molar-refractivity contribution in [3.8, 4) is 0 Å². The summed E-state index contributed by atoms with van der Waals surface area (Å²) in [5.41, 5.74) is 5.20. The van der Waals surface area contributed by atoms with Gasteiger partial charge in [0.05, 0.1) is 25.7 Å². The number of rotatable bonds is 8. The molecule has 0 bridgehead atoms. The highest BCUT2D eigenvalue weighted by Crippen LogP contribution is 2.21. The predicted octanol–water partition coefficient (Wildman–Crippen LogP) is -1.01. The van der Waals surface area contributed by atoms with Gasteiger partial charge in [0, 0.05) is 13.6 Å². The van der Waals surface area contributed by atoms with Crippen LogP contribution in [0, 0.1) is 5.41 Å². The molecule has 0 radical (unpaired) electrons. The summed E-state index contributed by atoms with van der Waals surface area (Å²) in [6.07, 6.45) is -0.633. The maximum Gasteiger partial charge on any atom is 0.239 e. The van der Waals surface area contributed by atoms with Gasteiger partial charge in [0.15, 0.2) is 0 Å². The maximum absolute atomic E-state index is 11.5. The van der Waals surface area contributed by atoms with Gasteiger partial charge in [-0.05, 0) is 5.41 Å². The van der Waals surface area contributed by atoms with Crippen LogP contribution in [-0.4, -0.2) is 55.9 Å². The summed E-state index contributed by atoms with van der Waals surface area (Å²) in [6, 6.07) is -0.710. The van der Waals surface area contributed by atoms with Gasteiger partial charge >= 0.3 is 0 Å². The number of likely N-dealkylation sites (N-methyl/N-ethyl adjacent to an activating group) is 1. The molecule has 0 spiro atoms. The first-order chi connectivity index (χ1) is 9.18. The van der Waals surface area contributed by atoms with Crippen LogP contribution in [0.3, 0.4) is 0 Å². The van der Waals surface area contributed by atoms with Gasteiger partial charge in [-0.15, -0.1) is 0 Å². The number of ether oxygens (including phenoxy) is 1. The first-order valence-corrected chi connectivity index (χ1v) is 6.68. The van der Waals surface area contributed by atoms with Gasteiger partial charge in [0.1, 0.15) is 6.04 Å². The quantitative estimate of drug-likeness (QED) is 0.428. The Kier molecular flexibility index (Phi) is 8.36. The molecule has 0 aliphatic heterocycles. The first-order valence-electron chi connectivity index (χ1n) is 6.68. The average Bonchev–Trinajstić information content (AvgIpc) is 2.35. The van der Waals surface area contributed by atoms with Crippen LogP contribution in [0.1, 0.15) is 27.2 Å². The monoisotopic (exact) mass is 289 g/mol. The number of carbonyl (C=O) groups is 2. The number of nitrogens with two attached hydrogens (primary N) is 1. The SMILES string of the molecule is CNC(=O)C(N)COCCNC(=O)CC(O)C(C)(C)C. The summed E-state index contributed by atoms with van der Waals surface area (Å²) in [6.45, 7) is 6.29. The van der Waals surface area contributed by atoms with Crippen LogP contribution in [0.15, 0.2) is 0 Å². The number of hydrogen-bond donors (Lipinski definition) is 4. The van der Waals surface area contributed by atoms with Crippen molar-refractivity contribution in [3.63, 3.8) is 0 Å². The minimum Gasteiger partial charge on any atom is -0.392 e. The van der Waals surface area contributed by atoms with Crippen molar-refractivity contribution in [2.45, 2.75) is 39.3 Å². The molecule has 0 heterocycles. The lowest BCUT2D eigenvalue weighted by atomic mass is 9.87. The van der Waals surface area contributed by atoms with Crippen molar-refractivity contribution in [2.75, 3.05) is 26.8 Å². The molecule has 20 heavy (non-hydrogen) atoms. The normalized spacial score (nSPS) is 14.5. The van der Waals surface area contributed by atoms with Crippen LogP contribution in [0.5, 0.6) is 0 Å². The van der Waals surface area contributed by atoms with Crippen molar-refractivity contribution in [1.82, 2.24) is 10.6 Å². The van der Waals surface area contributed by atoms with E-state index in [0.29, 0.717) is 6.54 Å². The summed E-state index contributed by atoms with van der Waals surface area (Å²) in [7, 11) is 1.50. The van der Waals surface area contributed by atoms with Crippen LogP contribution in [0.2, 0.25) is 0 Å². The molecule has 2 amide bonds. The van der Waals surface area contributed by atoms with Gasteiger partial charge in [-0.1, -0.05) is 20.8 Å². The average molecular weight is 289 g/mol. The molecular weight excluding hydrogens is 262 g/mol. The molecule has 0 rings (SSSR count). The van der Waals surface area contributed by atoms with E-state index in [2.05, 4.69) is 10.6 Å². The molecule has 5 N–H and O–H groups in total. The molecule has 2 atom stereocenters. The number of aliphatic hydroxyl groups is 1. The predicted molar refractivity (Wildman–Crippen MR) is 75.9 cm³/mol. The van der Waals surface area contributed by atoms with E-state index in [1.807, 2.05) is 20.8 Å². The molecule has 0 aromatic heterocycles. The van der Waals surface area contributed by atoms with Crippen LogP contribution >= 0.6 is 0 Å². The fraction of sp³-hybridized carbons (Fsp3) is 0.846. The number of nitrogens with one attached hydrogen (secondary N) is 2. The smallest absolute Gasteiger partial charge is 0.239 e. The molecular formula is C13H27N3O4. The molecule has 7 nitrogen and oxygen atoms in total. The Morgan fingerprint density at radius 2 is 1.95 bits per heavy atom. The lowest BCUT2D eigenvalue weighted by molar-refractivity contribution is -0.125. The Labute approximate surface area is 120 Å². The minimum absolute atomic E-state index is 0.0568. The second-order valence-corrected chi connectivity index (χ2v) is 5.73. The van der Waals surface area contributed by atoms with E-state index in [1.165, 1.54) is 7.05 Å². The Balaban J connectivity index is 3.71. The third-order valence-electron chi connectivity index (χ3n) is 2.83. The van der Waals surface area contributed by atoms with Gasteiger partial charge in [-0.25, -0.2) is 0 Å². The highest BCUT2D eigenvalue weighted by atomic mass is 16.5. The van der Waals surface area contributed by atoms with Gasteiger partial charge in [0.25, 0.3) is 0 Å². The van der Waals surface area contributed by atoms with Crippen LogP contribution in [-0.2, 0) is 14.3 Å². The van der Waals surface area contributed by atoms with Crippen molar-refractivity contribution in [1.29, 1.82) is 0 Å².